The molecule has 10 heteroatoms. The first-order valence-corrected chi connectivity index (χ1v) is 10.4. The van der Waals surface area contributed by atoms with Crippen LogP contribution in [-0.2, 0) is 0 Å². The Labute approximate surface area is 179 Å². The summed E-state index contributed by atoms with van der Waals surface area (Å²) < 4.78 is 42.6. The number of amides is 1. The first kappa shape index (κ1) is 19.6. The Bertz CT molecular complexity index is 1210. The molecule has 0 spiro atoms. The smallest absolute Gasteiger partial charge is 0.259 e. The van der Waals surface area contributed by atoms with Crippen molar-refractivity contribution in [3.63, 3.8) is 0 Å². The largest absolute Gasteiger partial charge is 0.343 e. The number of fused-ring (bicyclic) bond motifs is 1. The van der Waals surface area contributed by atoms with Crippen molar-refractivity contribution in [3.05, 3.63) is 71.7 Å². The summed E-state index contributed by atoms with van der Waals surface area (Å²) in [4.78, 5) is 21.3. The highest BCUT2D eigenvalue weighted by Gasteiger charge is 2.27. The maximum absolute atomic E-state index is 13.9. The number of anilines is 1. The van der Waals surface area contributed by atoms with E-state index in [1.807, 2.05) is 4.90 Å². The zero-order chi connectivity index (χ0) is 21.5. The molecular formula is C21H16F3N5OS. The molecule has 1 aliphatic heterocycles. The van der Waals surface area contributed by atoms with Crippen LogP contribution in [0.1, 0.15) is 10.4 Å². The van der Waals surface area contributed by atoms with Gasteiger partial charge in [-0.15, -0.1) is 5.10 Å². The first-order valence-electron chi connectivity index (χ1n) is 9.60. The van der Waals surface area contributed by atoms with Crippen molar-refractivity contribution in [3.8, 4) is 11.3 Å². The number of hydrogen-bond donors (Lipinski definition) is 0. The number of hydrogen-bond acceptors (Lipinski definition) is 5. The van der Waals surface area contributed by atoms with Crippen LogP contribution in [0.3, 0.4) is 0 Å². The number of rotatable bonds is 3. The van der Waals surface area contributed by atoms with Gasteiger partial charge in [0, 0.05) is 31.7 Å². The molecule has 31 heavy (non-hydrogen) atoms. The number of carbonyl (C=O) groups is 1. The number of halogens is 3. The molecule has 1 aliphatic rings. The minimum atomic E-state index is -0.856. The fourth-order valence-electron chi connectivity index (χ4n) is 3.54. The molecular weight excluding hydrogens is 427 g/mol. The highest BCUT2D eigenvalue weighted by molar-refractivity contribution is 7.20. The lowest BCUT2D eigenvalue weighted by atomic mass is 10.1. The average molecular weight is 443 g/mol. The second kappa shape index (κ2) is 7.69. The molecule has 2 aromatic heterocycles. The quantitative estimate of drug-likeness (QED) is 0.483. The molecule has 0 bridgehead atoms. The Kier molecular flexibility index (Phi) is 4.85. The number of aromatic nitrogens is 3. The van der Waals surface area contributed by atoms with Gasteiger partial charge in [-0.05, 0) is 36.4 Å². The van der Waals surface area contributed by atoms with Gasteiger partial charge in [0.15, 0.2) is 0 Å². The van der Waals surface area contributed by atoms with Gasteiger partial charge in [-0.1, -0.05) is 17.4 Å². The highest BCUT2D eigenvalue weighted by Crippen LogP contribution is 2.28. The predicted molar refractivity (Wildman–Crippen MR) is 111 cm³/mol. The van der Waals surface area contributed by atoms with E-state index in [1.54, 1.807) is 22.8 Å². The summed E-state index contributed by atoms with van der Waals surface area (Å²) in [6.07, 6.45) is 1.78. The summed E-state index contributed by atoms with van der Waals surface area (Å²) in [5, 5.41) is 5.31. The maximum Gasteiger partial charge on any atom is 0.259 e. The Morgan fingerprint density at radius 2 is 1.61 bits per heavy atom. The van der Waals surface area contributed by atoms with Crippen LogP contribution in [0.5, 0.6) is 0 Å². The molecule has 4 aromatic rings. The van der Waals surface area contributed by atoms with Crippen LogP contribution in [0, 0.1) is 17.5 Å². The topological polar surface area (TPSA) is 53.7 Å². The highest BCUT2D eigenvalue weighted by atomic mass is 32.1. The van der Waals surface area contributed by atoms with E-state index in [1.165, 1.54) is 34.4 Å². The third-order valence-electron chi connectivity index (χ3n) is 5.19. The molecule has 0 saturated carbocycles. The van der Waals surface area contributed by atoms with E-state index in [4.69, 9.17) is 0 Å². The standard InChI is InChI=1S/C21H16F3N5OS/c22-14-6-4-13(5-7-14)17-12-29-20(25-17)31-21(26-29)28-10-8-27(9-11-28)19(30)18-15(23)2-1-3-16(18)24/h1-7,12H,8-11H2. The number of imidazole rings is 1. The summed E-state index contributed by atoms with van der Waals surface area (Å²) >= 11 is 1.40. The molecule has 0 atom stereocenters. The lowest BCUT2D eigenvalue weighted by Gasteiger charge is -2.34. The van der Waals surface area contributed by atoms with E-state index in [0.717, 1.165) is 22.8 Å². The third-order valence-corrected chi connectivity index (χ3v) is 6.17. The van der Waals surface area contributed by atoms with Crippen LogP contribution in [0.4, 0.5) is 18.3 Å². The minimum absolute atomic E-state index is 0.305. The van der Waals surface area contributed by atoms with Crippen LogP contribution in [-0.4, -0.2) is 51.6 Å². The van der Waals surface area contributed by atoms with Crippen LogP contribution in [0.25, 0.3) is 16.2 Å². The molecule has 5 rings (SSSR count). The molecule has 0 radical (unpaired) electrons. The molecule has 3 heterocycles. The maximum atomic E-state index is 13.9. The van der Waals surface area contributed by atoms with Gasteiger partial charge in [0.05, 0.1) is 11.9 Å². The molecule has 6 nitrogen and oxygen atoms in total. The molecule has 0 unspecified atom stereocenters. The fraction of sp³-hybridized carbons (Fsp3) is 0.190. The fourth-order valence-corrected chi connectivity index (χ4v) is 4.47. The summed E-state index contributed by atoms with van der Waals surface area (Å²) in [5.74, 6) is -2.66. The van der Waals surface area contributed by atoms with Gasteiger partial charge in [-0.3, -0.25) is 4.79 Å². The summed E-state index contributed by atoms with van der Waals surface area (Å²) in [6, 6.07) is 9.50. The number of nitrogens with zero attached hydrogens (tertiary/aromatic N) is 5. The molecule has 2 aromatic carbocycles. The molecule has 0 aliphatic carbocycles. The molecule has 1 amide bonds. The summed E-state index contributed by atoms with van der Waals surface area (Å²) in [5.41, 5.74) is 0.984. The van der Waals surface area contributed by atoms with E-state index >= 15 is 0 Å². The van der Waals surface area contributed by atoms with Crippen molar-refractivity contribution in [1.82, 2.24) is 19.5 Å². The van der Waals surface area contributed by atoms with Crippen molar-refractivity contribution in [1.29, 1.82) is 0 Å². The van der Waals surface area contributed by atoms with E-state index in [9.17, 15) is 18.0 Å². The zero-order valence-electron chi connectivity index (χ0n) is 16.1. The van der Waals surface area contributed by atoms with Gasteiger partial charge in [0.25, 0.3) is 5.91 Å². The molecule has 158 valence electrons. The van der Waals surface area contributed by atoms with Crippen molar-refractivity contribution in [2.45, 2.75) is 0 Å². The Morgan fingerprint density at radius 1 is 0.935 bits per heavy atom. The summed E-state index contributed by atoms with van der Waals surface area (Å²) in [7, 11) is 0. The van der Waals surface area contributed by atoms with Crippen molar-refractivity contribution >= 4 is 27.3 Å². The van der Waals surface area contributed by atoms with E-state index in [-0.39, 0.29) is 5.82 Å². The van der Waals surface area contributed by atoms with Crippen molar-refractivity contribution in [2.75, 3.05) is 31.1 Å². The minimum Gasteiger partial charge on any atom is -0.343 e. The van der Waals surface area contributed by atoms with Crippen LogP contribution in [0.15, 0.2) is 48.7 Å². The average Bonchev–Trinajstić information content (AvgIpc) is 3.34. The third kappa shape index (κ3) is 3.63. The lowest BCUT2D eigenvalue weighted by molar-refractivity contribution is 0.0737. The van der Waals surface area contributed by atoms with E-state index < -0.39 is 23.1 Å². The molecule has 1 fully saturated rings. The predicted octanol–water partition coefficient (Wildman–Crippen LogP) is 3.84. The number of carbonyl (C=O) groups excluding carboxylic acids is 1. The number of benzene rings is 2. The summed E-state index contributed by atoms with van der Waals surface area (Å²) in [6.45, 7) is 1.64. The van der Waals surface area contributed by atoms with Crippen molar-refractivity contribution in [2.24, 2.45) is 0 Å². The van der Waals surface area contributed by atoms with Gasteiger partial charge in [0.2, 0.25) is 10.1 Å². The van der Waals surface area contributed by atoms with Gasteiger partial charge >= 0.3 is 0 Å². The lowest BCUT2D eigenvalue weighted by Crippen LogP contribution is -2.49. The normalized spacial score (nSPS) is 14.4. The SMILES string of the molecule is O=C(c1c(F)cccc1F)N1CCN(c2nn3cc(-c4ccc(F)cc4)nc3s2)CC1. The van der Waals surface area contributed by atoms with Gasteiger partial charge < -0.3 is 9.80 Å². The Balaban J connectivity index is 1.29. The zero-order valence-corrected chi connectivity index (χ0v) is 17.0. The number of piperazine rings is 1. The van der Waals surface area contributed by atoms with Crippen molar-refractivity contribution < 1.29 is 18.0 Å². The Morgan fingerprint density at radius 3 is 2.26 bits per heavy atom. The molecule has 0 N–H and O–H groups in total. The first-order chi connectivity index (χ1) is 15.0. The van der Waals surface area contributed by atoms with Gasteiger partial charge in [-0.2, -0.15) is 0 Å². The van der Waals surface area contributed by atoms with Crippen LogP contribution < -0.4 is 4.90 Å². The second-order valence-electron chi connectivity index (χ2n) is 7.12. The van der Waals surface area contributed by atoms with E-state index in [0.29, 0.717) is 36.8 Å². The molecule has 1 saturated heterocycles. The second-order valence-corrected chi connectivity index (χ2v) is 8.06. The monoisotopic (exact) mass is 443 g/mol. The van der Waals surface area contributed by atoms with E-state index in [2.05, 4.69) is 10.1 Å². The van der Waals surface area contributed by atoms with Gasteiger partial charge in [-0.25, -0.2) is 22.7 Å². The Hall–Kier alpha value is -3.40. The van der Waals surface area contributed by atoms with Crippen LogP contribution in [0.2, 0.25) is 0 Å². The van der Waals surface area contributed by atoms with Gasteiger partial charge in [0.1, 0.15) is 23.0 Å². The van der Waals surface area contributed by atoms with Crippen LogP contribution >= 0.6 is 11.3 Å².